The first kappa shape index (κ1) is 16.8. The summed E-state index contributed by atoms with van der Waals surface area (Å²) in [7, 11) is 2.29. The maximum Gasteiger partial charge on any atom is 0.0350 e. The predicted octanol–water partition coefficient (Wildman–Crippen LogP) is 4.66. The van der Waals surface area contributed by atoms with E-state index in [1.165, 1.54) is 50.8 Å². The van der Waals surface area contributed by atoms with Gasteiger partial charge in [-0.1, -0.05) is 54.6 Å². The minimum absolute atomic E-state index is 0.658. The molecule has 1 aliphatic heterocycles. The molecule has 2 heteroatoms. The molecule has 0 spiro atoms. The summed E-state index contributed by atoms with van der Waals surface area (Å²) in [6.07, 6.45) is 6.53. The molecular formula is C23H30N2. The van der Waals surface area contributed by atoms with Gasteiger partial charge in [-0.05, 0) is 55.8 Å². The Hall–Kier alpha value is -1.64. The molecule has 1 fully saturated rings. The third-order valence-electron chi connectivity index (χ3n) is 6.18. The van der Waals surface area contributed by atoms with Gasteiger partial charge in [-0.2, -0.15) is 0 Å². The van der Waals surface area contributed by atoms with Crippen LogP contribution in [0.25, 0.3) is 0 Å². The number of aryl methyl sites for hydroxylation is 1. The van der Waals surface area contributed by atoms with Crippen LogP contribution in [0.15, 0.2) is 54.6 Å². The molecule has 4 rings (SSSR count). The minimum Gasteiger partial charge on any atom is -0.299 e. The van der Waals surface area contributed by atoms with Crippen molar-refractivity contribution in [3.63, 3.8) is 0 Å². The average Bonchev–Trinajstić information content (AvgIpc) is 2.68. The first-order valence-electron chi connectivity index (χ1n) is 9.87. The van der Waals surface area contributed by atoms with Gasteiger partial charge in [0, 0.05) is 31.7 Å². The number of benzene rings is 2. The summed E-state index contributed by atoms with van der Waals surface area (Å²) < 4.78 is 0. The molecule has 0 amide bonds. The lowest BCUT2D eigenvalue weighted by molar-refractivity contribution is 0.0866. The fourth-order valence-electron chi connectivity index (χ4n) is 4.75. The molecule has 0 radical (unpaired) electrons. The lowest BCUT2D eigenvalue weighted by atomic mass is 9.85. The lowest BCUT2D eigenvalue weighted by Gasteiger charge is -2.42. The number of hydrogen-bond donors (Lipinski definition) is 0. The molecule has 0 N–H and O–H groups in total. The van der Waals surface area contributed by atoms with Gasteiger partial charge in [-0.3, -0.25) is 9.80 Å². The molecule has 25 heavy (non-hydrogen) atoms. The number of fused-ring (bicyclic) bond motifs is 1. The molecule has 2 aliphatic rings. The third kappa shape index (κ3) is 3.80. The lowest BCUT2D eigenvalue weighted by Crippen LogP contribution is -2.44. The van der Waals surface area contributed by atoms with Crippen LogP contribution in [0.5, 0.6) is 0 Å². The molecule has 1 atom stereocenters. The zero-order valence-corrected chi connectivity index (χ0v) is 15.4. The Morgan fingerprint density at radius 2 is 1.64 bits per heavy atom. The van der Waals surface area contributed by atoms with E-state index in [9.17, 15) is 0 Å². The van der Waals surface area contributed by atoms with Gasteiger partial charge in [-0.15, -0.1) is 0 Å². The van der Waals surface area contributed by atoms with Gasteiger partial charge in [-0.25, -0.2) is 0 Å². The highest BCUT2D eigenvalue weighted by atomic mass is 15.2. The number of likely N-dealkylation sites (tertiary alicyclic amines) is 1. The Morgan fingerprint density at radius 3 is 2.44 bits per heavy atom. The van der Waals surface area contributed by atoms with E-state index in [-0.39, 0.29) is 0 Å². The van der Waals surface area contributed by atoms with E-state index in [1.807, 2.05) is 0 Å². The second-order valence-electron chi connectivity index (χ2n) is 7.77. The Bertz CT molecular complexity index is 674. The first-order chi connectivity index (χ1) is 12.3. The van der Waals surface area contributed by atoms with Gasteiger partial charge in [0.15, 0.2) is 0 Å². The number of hydrogen-bond acceptors (Lipinski definition) is 2. The molecule has 0 aromatic heterocycles. The van der Waals surface area contributed by atoms with Crippen LogP contribution in [0, 0.1) is 0 Å². The van der Waals surface area contributed by atoms with Crippen molar-refractivity contribution in [1.29, 1.82) is 0 Å². The minimum atomic E-state index is 0.658. The van der Waals surface area contributed by atoms with E-state index in [0.717, 1.165) is 12.6 Å². The van der Waals surface area contributed by atoms with E-state index in [4.69, 9.17) is 0 Å². The van der Waals surface area contributed by atoms with Gasteiger partial charge in [0.2, 0.25) is 0 Å². The Morgan fingerprint density at radius 1 is 0.920 bits per heavy atom. The summed E-state index contributed by atoms with van der Waals surface area (Å²) in [6.45, 7) is 3.55. The van der Waals surface area contributed by atoms with Crippen molar-refractivity contribution in [3.8, 4) is 0 Å². The van der Waals surface area contributed by atoms with Gasteiger partial charge < -0.3 is 0 Å². The highest BCUT2D eigenvalue weighted by Crippen LogP contribution is 2.36. The molecule has 2 aromatic carbocycles. The van der Waals surface area contributed by atoms with Crippen molar-refractivity contribution < 1.29 is 0 Å². The highest BCUT2D eigenvalue weighted by molar-refractivity contribution is 5.32. The van der Waals surface area contributed by atoms with Crippen LogP contribution in [0.1, 0.15) is 48.4 Å². The van der Waals surface area contributed by atoms with Gasteiger partial charge in [0.05, 0.1) is 0 Å². The second-order valence-corrected chi connectivity index (χ2v) is 7.77. The summed E-state index contributed by atoms with van der Waals surface area (Å²) in [4.78, 5) is 5.31. The SMILES string of the molecule is CN(Cc1ccccc1)C1CCN(C2CCCc3ccccc32)CC1. The topological polar surface area (TPSA) is 6.48 Å². The van der Waals surface area contributed by atoms with Crippen molar-refractivity contribution >= 4 is 0 Å². The fraction of sp³-hybridized carbons (Fsp3) is 0.478. The van der Waals surface area contributed by atoms with Gasteiger partial charge in [0.1, 0.15) is 0 Å². The molecule has 1 heterocycles. The summed E-state index contributed by atoms with van der Waals surface area (Å²) >= 11 is 0. The summed E-state index contributed by atoms with van der Waals surface area (Å²) in [5.74, 6) is 0. The number of rotatable bonds is 4. The maximum absolute atomic E-state index is 2.75. The predicted molar refractivity (Wildman–Crippen MR) is 105 cm³/mol. The van der Waals surface area contributed by atoms with Crippen LogP contribution in [-0.4, -0.2) is 36.0 Å². The fourth-order valence-corrected chi connectivity index (χ4v) is 4.75. The maximum atomic E-state index is 2.75. The standard InChI is InChI=1S/C23H30N2/c1-24(18-19-8-3-2-4-9-19)21-14-16-25(17-15-21)23-13-7-11-20-10-5-6-12-22(20)23/h2-6,8-10,12,21,23H,7,11,13-18H2,1H3. The van der Waals surface area contributed by atoms with Gasteiger partial charge >= 0.3 is 0 Å². The normalized spacial score (nSPS) is 22.1. The van der Waals surface area contributed by atoms with Crippen LogP contribution < -0.4 is 0 Å². The van der Waals surface area contributed by atoms with E-state index < -0.39 is 0 Å². The third-order valence-corrected chi connectivity index (χ3v) is 6.18. The molecule has 0 saturated carbocycles. The zero-order chi connectivity index (χ0) is 17.1. The van der Waals surface area contributed by atoms with Crippen molar-refractivity contribution in [2.75, 3.05) is 20.1 Å². The Balaban J connectivity index is 1.36. The molecular weight excluding hydrogens is 304 g/mol. The van der Waals surface area contributed by atoms with E-state index in [1.54, 1.807) is 11.1 Å². The summed E-state index contributed by atoms with van der Waals surface area (Å²) in [5, 5.41) is 0. The monoisotopic (exact) mass is 334 g/mol. The number of nitrogens with zero attached hydrogens (tertiary/aromatic N) is 2. The average molecular weight is 335 g/mol. The van der Waals surface area contributed by atoms with Crippen molar-refractivity contribution in [3.05, 3.63) is 71.3 Å². The molecule has 1 aliphatic carbocycles. The van der Waals surface area contributed by atoms with E-state index in [2.05, 4.69) is 71.4 Å². The summed E-state index contributed by atoms with van der Waals surface area (Å²) in [6, 6.07) is 21.4. The van der Waals surface area contributed by atoms with Crippen LogP contribution in [0.2, 0.25) is 0 Å². The molecule has 1 unspecified atom stereocenters. The molecule has 2 nitrogen and oxygen atoms in total. The second kappa shape index (κ2) is 7.72. The number of piperidine rings is 1. The largest absolute Gasteiger partial charge is 0.299 e. The van der Waals surface area contributed by atoms with Crippen molar-refractivity contribution in [2.45, 2.75) is 50.7 Å². The highest BCUT2D eigenvalue weighted by Gasteiger charge is 2.30. The van der Waals surface area contributed by atoms with Gasteiger partial charge in [0.25, 0.3) is 0 Å². The Labute approximate surface area is 152 Å². The Kier molecular flexibility index (Phi) is 5.19. The van der Waals surface area contributed by atoms with Crippen LogP contribution in [-0.2, 0) is 13.0 Å². The first-order valence-corrected chi connectivity index (χ1v) is 9.87. The van der Waals surface area contributed by atoms with Crippen molar-refractivity contribution in [2.24, 2.45) is 0 Å². The quantitative estimate of drug-likeness (QED) is 0.802. The molecule has 132 valence electrons. The van der Waals surface area contributed by atoms with Crippen LogP contribution in [0.3, 0.4) is 0 Å². The summed E-state index contributed by atoms with van der Waals surface area (Å²) in [5.41, 5.74) is 4.61. The van der Waals surface area contributed by atoms with Crippen molar-refractivity contribution in [1.82, 2.24) is 9.80 Å². The molecule has 0 bridgehead atoms. The van der Waals surface area contributed by atoms with E-state index >= 15 is 0 Å². The smallest absolute Gasteiger partial charge is 0.0350 e. The van der Waals surface area contributed by atoms with Crippen LogP contribution >= 0.6 is 0 Å². The van der Waals surface area contributed by atoms with E-state index in [0.29, 0.717) is 6.04 Å². The zero-order valence-electron chi connectivity index (χ0n) is 15.4. The van der Waals surface area contributed by atoms with Crippen LogP contribution in [0.4, 0.5) is 0 Å². The molecule has 2 aromatic rings. The molecule has 1 saturated heterocycles.